The zero-order valence-corrected chi connectivity index (χ0v) is 26.4. The van der Waals surface area contributed by atoms with Crippen LogP contribution in [0.4, 0.5) is 0 Å². The maximum Gasteiger partial charge on any atom is 0.265 e. The number of aromatic nitrogens is 3. The monoisotopic (exact) mass is 574 g/mol. The average Bonchev–Trinajstić information content (AvgIpc) is 3.66. The van der Waals surface area contributed by atoms with E-state index in [0.717, 1.165) is 55.7 Å². The summed E-state index contributed by atoms with van der Waals surface area (Å²) in [6.07, 6.45) is 17.7. The van der Waals surface area contributed by atoms with Gasteiger partial charge >= 0.3 is 0 Å². The van der Waals surface area contributed by atoms with E-state index < -0.39 is 0 Å². The Morgan fingerprint density at radius 2 is 1.98 bits per heavy atom. The molecule has 1 N–H and O–H groups in total. The van der Waals surface area contributed by atoms with Crippen LogP contribution in [0.15, 0.2) is 48.6 Å². The number of rotatable bonds is 7. The first kappa shape index (κ1) is 28.6. The van der Waals surface area contributed by atoms with Crippen molar-refractivity contribution >= 4 is 0 Å². The lowest BCUT2D eigenvalue weighted by Crippen LogP contribution is -2.51. The third kappa shape index (κ3) is 4.67. The Bertz CT molecular complexity index is 1300. The molecule has 1 aromatic carbocycles. The first-order chi connectivity index (χ1) is 20.2. The second-order valence-corrected chi connectivity index (χ2v) is 15.2. The highest BCUT2D eigenvalue weighted by Gasteiger charge is 2.64. The maximum absolute atomic E-state index is 10.4. The van der Waals surface area contributed by atoms with Crippen molar-refractivity contribution in [2.45, 2.75) is 116 Å². The van der Waals surface area contributed by atoms with Gasteiger partial charge in [0.1, 0.15) is 11.8 Å². The van der Waals surface area contributed by atoms with Crippen molar-refractivity contribution in [1.29, 1.82) is 0 Å². The Morgan fingerprint density at radius 3 is 2.76 bits per heavy atom. The van der Waals surface area contributed by atoms with Gasteiger partial charge in [0.05, 0.1) is 32.0 Å². The number of hydrogen-bond acceptors (Lipinski definition) is 4. The minimum atomic E-state index is -0.122. The van der Waals surface area contributed by atoms with Gasteiger partial charge < -0.3 is 14.6 Å². The molecule has 6 nitrogen and oxygen atoms in total. The number of ether oxygens (including phenoxy) is 2. The van der Waals surface area contributed by atoms with Crippen LogP contribution in [-0.2, 0) is 11.3 Å². The number of nitrogens with zero attached hydrogens (tertiary/aromatic N) is 3. The highest BCUT2D eigenvalue weighted by atomic mass is 16.5. The summed E-state index contributed by atoms with van der Waals surface area (Å²) < 4.78 is 16.5. The number of methoxy groups -OCH3 is 1. The number of hydrogen-bond donors (Lipinski definition) is 1. The molecule has 11 atom stereocenters. The van der Waals surface area contributed by atoms with E-state index in [0.29, 0.717) is 40.9 Å². The lowest BCUT2D eigenvalue weighted by Gasteiger charge is -2.58. The molecule has 7 rings (SSSR count). The molecular weight excluding hydrogens is 522 g/mol. The van der Waals surface area contributed by atoms with Gasteiger partial charge in [-0.3, -0.25) is 0 Å². The molecule has 1 saturated heterocycles. The van der Waals surface area contributed by atoms with Gasteiger partial charge in [0.25, 0.3) is 6.33 Å². The van der Waals surface area contributed by atoms with Crippen molar-refractivity contribution in [3.05, 3.63) is 54.1 Å². The van der Waals surface area contributed by atoms with Gasteiger partial charge in [-0.2, -0.15) is 0 Å². The summed E-state index contributed by atoms with van der Waals surface area (Å²) in [6, 6.07) is 8.60. The normalized spacial score (nSPS) is 41.3. The van der Waals surface area contributed by atoms with Crippen molar-refractivity contribution in [1.82, 2.24) is 9.78 Å². The van der Waals surface area contributed by atoms with Crippen LogP contribution in [0.5, 0.6) is 5.75 Å². The zero-order valence-electron chi connectivity index (χ0n) is 26.4. The van der Waals surface area contributed by atoms with Gasteiger partial charge in [-0.25, -0.2) is 4.57 Å². The molecule has 1 aromatic heterocycles. The number of allylic oxidation sites excluding steroid dienone is 1. The van der Waals surface area contributed by atoms with Crippen molar-refractivity contribution in [3.8, 4) is 5.75 Å². The first-order valence-corrected chi connectivity index (χ1v) is 16.8. The minimum absolute atomic E-state index is 0.122. The fourth-order valence-corrected chi connectivity index (χ4v) is 10.8. The van der Waals surface area contributed by atoms with E-state index in [1.807, 2.05) is 18.5 Å². The first-order valence-electron chi connectivity index (χ1n) is 16.8. The lowest BCUT2D eigenvalue weighted by atomic mass is 9.47. The Labute approximate surface area is 252 Å². The molecule has 0 bridgehead atoms. The van der Waals surface area contributed by atoms with Crippen LogP contribution >= 0.6 is 0 Å². The van der Waals surface area contributed by atoms with Gasteiger partial charge in [-0.1, -0.05) is 44.6 Å². The summed E-state index contributed by atoms with van der Waals surface area (Å²) in [5, 5.41) is 15.1. The molecule has 1 aliphatic heterocycles. The third-order valence-electron chi connectivity index (χ3n) is 13.1. The molecule has 2 aromatic rings. The topological polar surface area (TPSA) is 60.4 Å². The van der Waals surface area contributed by atoms with Crippen LogP contribution in [0.25, 0.3) is 0 Å². The van der Waals surface area contributed by atoms with Crippen molar-refractivity contribution in [2.75, 3.05) is 7.11 Å². The quantitative estimate of drug-likeness (QED) is 0.302. The van der Waals surface area contributed by atoms with E-state index in [4.69, 9.17) is 14.6 Å². The molecular formula is C36H52N3O3+. The predicted molar refractivity (Wildman–Crippen MR) is 163 cm³/mol. The SMILES string of the molecule is COc1ccc(C[n+]2cnn([C@H](C)CC[C@H]3OC4C[C@H]5[C@@H]6CC=C7CC(O)CC[C@]7(C)[C@H]6CC[C@]5(C)C4C3C)c2)cc1. The van der Waals surface area contributed by atoms with E-state index in [9.17, 15) is 5.11 Å². The fourth-order valence-electron chi connectivity index (χ4n) is 10.8. The van der Waals surface area contributed by atoms with Crippen LogP contribution in [0.2, 0.25) is 0 Å². The van der Waals surface area contributed by atoms with E-state index in [1.54, 1.807) is 12.7 Å². The summed E-state index contributed by atoms with van der Waals surface area (Å²) >= 11 is 0. The molecule has 2 heterocycles. The Balaban J connectivity index is 0.973. The molecule has 4 fully saturated rings. The Hall–Kier alpha value is -2.18. The van der Waals surface area contributed by atoms with E-state index in [-0.39, 0.29) is 6.10 Å². The van der Waals surface area contributed by atoms with Crippen LogP contribution in [-0.4, -0.2) is 40.3 Å². The maximum atomic E-state index is 10.4. The van der Waals surface area contributed by atoms with Crippen LogP contribution < -0.4 is 9.30 Å². The lowest BCUT2D eigenvalue weighted by molar-refractivity contribution is -0.689. The summed E-state index contributed by atoms with van der Waals surface area (Å²) in [7, 11) is 1.70. The summed E-state index contributed by atoms with van der Waals surface area (Å²) in [6.45, 7) is 10.8. The van der Waals surface area contributed by atoms with Gasteiger partial charge in [0, 0.05) is 5.10 Å². The van der Waals surface area contributed by atoms with Crippen LogP contribution in [0, 0.1) is 40.4 Å². The fraction of sp³-hybridized carbons (Fsp3) is 0.722. The second kappa shape index (κ2) is 10.8. The molecule has 228 valence electrons. The minimum Gasteiger partial charge on any atom is -0.497 e. The molecule has 3 saturated carbocycles. The molecule has 0 spiro atoms. The molecule has 4 unspecified atom stereocenters. The summed E-state index contributed by atoms with van der Waals surface area (Å²) in [4.78, 5) is 0. The van der Waals surface area contributed by atoms with Crippen molar-refractivity contribution < 1.29 is 19.1 Å². The van der Waals surface area contributed by atoms with E-state index >= 15 is 0 Å². The smallest absolute Gasteiger partial charge is 0.265 e. The zero-order chi connectivity index (χ0) is 29.2. The van der Waals surface area contributed by atoms with Gasteiger partial charge in [-0.15, -0.1) is 4.68 Å². The molecule has 42 heavy (non-hydrogen) atoms. The van der Waals surface area contributed by atoms with E-state index in [1.165, 1.54) is 37.7 Å². The summed E-state index contributed by atoms with van der Waals surface area (Å²) in [5.41, 5.74) is 3.53. The average molecular weight is 575 g/mol. The van der Waals surface area contributed by atoms with Gasteiger partial charge in [-0.05, 0) is 123 Å². The predicted octanol–water partition coefficient (Wildman–Crippen LogP) is 6.52. The largest absolute Gasteiger partial charge is 0.497 e. The molecule has 0 radical (unpaired) electrons. The highest BCUT2D eigenvalue weighted by Crippen LogP contribution is 2.69. The molecule has 0 amide bonds. The van der Waals surface area contributed by atoms with Gasteiger partial charge in [0.15, 0.2) is 0 Å². The molecule has 4 aliphatic carbocycles. The number of aliphatic hydroxyl groups is 1. The number of benzene rings is 1. The van der Waals surface area contributed by atoms with E-state index in [2.05, 4.69) is 61.5 Å². The Morgan fingerprint density at radius 1 is 1.17 bits per heavy atom. The Kier molecular flexibility index (Phi) is 7.33. The van der Waals surface area contributed by atoms with Gasteiger partial charge in [0.2, 0.25) is 6.33 Å². The van der Waals surface area contributed by atoms with Crippen LogP contribution in [0.1, 0.15) is 97.1 Å². The molecule has 5 aliphatic rings. The highest BCUT2D eigenvalue weighted by molar-refractivity contribution is 5.27. The van der Waals surface area contributed by atoms with Crippen molar-refractivity contribution in [3.63, 3.8) is 0 Å². The number of fused-ring (bicyclic) bond motifs is 7. The standard InChI is InChI=1S/C36H52N3O3/c1-23(39-22-38(21-37-39)20-25-7-10-28(41-5)11-8-25)6-13-32-24(2)34-33(42-32)19-31-29-12-9-26-18-27(40)14-16-35(26,3)30(29)15-17-36(31,34)4/h7-11,21-24,27,29-34,40H,6,12-20H2,1-5H3/q+1/t23-,24?,27?,29-,30+,31+,32-,33?,34?,35+,36+/m1/s1. The second-order valence-electron chi connectivity index (χ2n) is 15.2. The third-order valence-corrected chi connectivity index (χ3v) is 13.1. The molecule has 6 heteroatoms. The number of aliphatic hydroxyl groups excluding tert-OH is 1. The summed E-state index contributed by atoms with van der Waals surface area (Å²) in [5.74, 6) is 4.54. The van der Waals surface area contributed by atoms with Crippen molar-refractivity contribution in [2.24, 2.45) is 40.4 Å². The van der Waals surface area contributed by atoms with Crippen LogP contribution in [0.3, 0.4) is 0 Å².